The molecular weight excluding hydrogens is 274 g/mol. The van der Waals surface area contributed by atoms with Crippen molar-refractivity contribution in [2.75, 3.05) is 7.11 Å². The SMILES string of the molecule is COC(=O)/C=C/c1c(-c2ccccc2)n(C)c2ccccc12. The molecule has 0 fully saturated rings. The highest BCUT2D eigenvalue weighted by Crippen LogP contribution is 2.33. The Morgan fingerprint density at radius 3 is 2.45 bits per heavy atom. The summed E-state index contributed by atoms with van der Waals surface area (Å²) < 4.78 is 6.86. The van der Waals surface area contributed by atoms with Gasteiger partial charge in [0, 0.05) is 29.6 Å². The van der Waals surface area contributed by atoms with Gasteiger partial charge in [0.2, 0.25) is 0 Å². The molecule has 0 aliphatic heterocycles. The summed E-state index contributed by atoms with van der Waals surface area (Å²) >= 11 is 0. The van der Waals surface area contributed by atoms with E-state index in [0.29, 0.717) is 0 Å². The minimum Gasteiger partial charge on any atom is -0.466 e. The number of benzene rings is 2. The highest BCUT2D eigenvalue weighted by molar-refractivity contribution is 6.00. The van der Waals surface area contributed by atoms with E-state index in [1.807, 2.05) is 43.5 Å². The minimum atomic E-state index is -0.355. The molecule has 0 bridgehead atoms. The lowest BCUT2D eigenvalue weighted by Gasteiger charge is -2.06. The van der Waals surface area contributed by atoms with E-state index < -0.39 is 0 Å². The lowest BCUT2D eigenvalue weighted by atomic mass is 10.0. The number of esters is 1. The average molecular weight is 291 g/mol. The van der Waals surface area contributed by atoms with Gasteiger partial charge in [-0.15, -0.1) is 0 Å². The second-order valence-corrected chi connectivity index (χ2v) is 5.06. The molecule has 2 aromatic carbocycles. The molecule has 0 saturated heterocycles. The Labute approximate surface area is 129 Å². The lowest BCUT2D eigenvalue weighted by molar-refractivity contribution is -0.134. The van der Waals surface area contributed by atoms with E-state index in [1.165, 1.54) is 13.2 Å². The van der Waals surface area contributed by atoms with Crippen LogP contribution in [0.25, 0.3) is 28.2 Å². The van der Waals surface area contributed by atoms with Crippen molar-refractivity contribution in [3.05, 3.63) is 66.2 Å². The molecule has 0 spiro atoms. The summed E-state index contributed by atoms with van der Waals surface area (Å²) in [5, 5.41) is 1.11. The van der Waals surface area contributed by atoms with Gasteiger partial charge in [-0.05, 0) is 17.7 Å². The number of carbonyl (C=O) groups is 1. The molecule has 22 heavy (non-hydrogen) atoms. The summed E-state index contributed by atoms with van der Waals surface area (Å²) in [7, 11) is 3.42. The van der Waals surface area contributed by atoms with Gasteiger partial charge in [0.1, 0.15) is 0 Å². The number of nitrogens with zero attached hydrogens (tertiary/aromatic N) is 1. The first-order chi connectivity index (χ1) is 10.7. The molecule has 3 nitrogen and oxygen atoms in total. The van der Waals surface area contributed by atoms with Gasteiger partial charge >= 0.3 is 5.97 Å². The Morgan fingerprint density at radius 2 is 1.73 bits per heavy atom. The molecule has 1 aromatic heterocycles. The van der Waals surface area contributed by atoms with Crippen LogP contribution in [0.5, 0.6) is 0 Å². The third-order valence-corrected chi connectivity index (χ3v) is 3.78. The zero-order valence-electron chi connectivity index (χ0n) is 12.6. The zero-order chi connectivity index (χ0) is 15.5. The van der Waals surface area contributed by atoms with E-state index in [9.17, 15) is 4.79 Å². The average Bonchev–Trinajstić information content (AvgIpc) is 2.86. The Morgan fingerprint density at radius 1 is 1.05 bits per heavy atom. The van der Waals surface area contributed by atoms with Gasteiger partial charge in [0.15, 0.2) is 0 Å². The molecule has 0 amide bonds. The summed E-state index contributed by atoms with van der Waals surface area (Å²) in [5.74, 6) is -0.355. The fourth-order valence-electron chi connectivity index (χ4n) is 2.76. The van der Waals surface area contributed by atoms with E-state index in [1.54, 1.807) is 0 Å². The van der Waals surface area contributed by atoms with E-state index in [-0.39, 0.29) is 5.97 Å². The van der Waals surface area contributed by atoms with Crippen molar-refractivity contribution < 1.29 is 9.53 Å². The zero-order valence-corrected chi connectivity index (χ0v) is 12.6. The van der Waals surface area contributed by atoms with Crippen molar-refractivity contribution in [3.63, 3.8) is 0 Å². The minimum absolute atomic E-state index is 0.355. The van der Waals surface area contributed by atoms with Gasteiger partial charge in [-0.25, -0.2) is 4.79 Å². The van der Waals surface area contributed by atoms with Crippen molar-refractivity contribution in [1.82, 2.24) is 4.57 Å². The summed E-state index contributed by atoms with van der Waals surface area (Å²) in [4.78, 5) is 11.5. The van der Waals surface area contributed by atoms with E-state index in [0.717, 1.165) is 27.7 Å². The third kappa shape index (κ3) is 2.42. The van der Waals surface area contributed by atoms with Gasteiger partial charge in [0.25, 0.3) is 0 Å². The number of aromatic nitrogens is 1. The molecule has 3 aromatic rings. The van der Waals surface area contributed by atoms with E-state index >= 15 is 0 Å². The Kier molecular flexibility index (Phi) is 3.79. The van der Waals surface area contributed by atoms with Crippen molar-refractivity contribution in [2.45, 2.75) is 0 Å². The Hall–Kier alpha value is -2.81. The first-order valence-electron chi connectivity index (χ1n) is 7.11. The number of methoxy groups -OCH3 is 1. The van der Waals surface area contributed by atoms with Crippen molar-refractivity contribution in [2.24, 2.45) is 7.05 Å². The first kappa shape index (κ1) is 14.1. The van der Waals surface area contributed by atoms with Crippen molar-refractivity contribution >= 4 is 22.9 Å². The van der Waals surface area contributed by atoms with E-state index in [4.69, 9.17) is 4.74 Å². The highest BCUT2D eigenvalue weighted by Gasteiger charge is 2.14. The van der Waals surface area contributed by atoms with Gasteiger partial charge in [-0.2, -0.15) is 0 Å². The molecule has 3 heteroatoms. The van der Waals surface area contributed by atoms with Crippen molar-refractivity contribution in [3.8, 4) is 11.3 Å². The fraction of sp³-hybridized carbons (Fsp3) is 0.105. The summed E-state index contributed by atoms with van der Waals surface area (Å²) in [6, 6.07) is 18.3. The predicted molar refractivity (Wildman–Crippen MR) is 89.4 cm³/mol. The van der Waals surface area contributed by atoms with Crippen LogP contribution in [0.4, 0.5) is 0 Å². The molecule has 3 rings (SSSR count). The fourth-order valence-corrected chi connectivity index (χ4v) is 2.76. The van der Waals surface area contributed by atoms with Crippen LogP contribution in [-0.2, 0) is 16.6 Å². The molecular formula is C19H17NO2. The maximum Gasteiger partial charge on any atom is 0.330 e. The molecule has 1 heterocycles. The third-order valence-electron chi connectivity index (χ3n) is 3.78. The normalized spacial score (nSPS) is 11.2. The number of carbonyl (C=O) groups excluding carboxylic acids is 1. The number of para-hydroxylation sites is 1. The van der Waals surface area contributed by atoms with Gasteiger partial charge < -0.3 is 9.30 Å². The maximum absolute atomic E-state index is 11.5. The van der Waals surface area contributed by atoms with Crippen LogP contribution in [0.15, 0.2) is 60.7 Å². The number of ether oxygens (including phenoxy) is 1. The number of aryl methyl sites for hydroxylation is 1. The number of rotatable bonds is 3. The van der Waals surface area contributed by atoms with Crippen LogP contribution in [0.1, 0.15) is 5.56 Å². The van der Waals surface area contributed by atoms with Crippen LogP contribution in [0.3, 0.4) is 0 Å². The van der Waals surface area contributed by atoms with Gasteiger partial charge in [0.05, 0.1) is 12.8 Å². The smallest absolute Gasteiger partial charge is 0.330 e. The second-order valence-electron chi connectivity index (χ2n) is 5.06. The Balaban J connectivity index is 2.28. The van der Waals surface area contributed by atoms with Crippen LogP contribution in [0.2, 0.25) is 0 Å². The molecule has 0 unspecified atom stereocenters. The molecule has 0 N–H and O–H groups in total. The predicted octanol–water partition coefficient (Wildman–Crippen LogP) is 4.03. The van der Waals surface area contributed by atoms with Crippen LogP contribution >= 0.6 is 0 Å². The number of hydrogen-bond donors (Lipinski definition) is 0. The molecule has 0 aliphatic rings. The van der Waals surface area contributed by atoms with Crippen LogP contribution in [0, 0.1) is 0 Å². The monoisotopic (exact) mass is 291 g/mol. The lowest BCUT2D eigenvalue weighted by Crippen LogP contribution is -1.94. The maximum atomic E-state index is 11.5. The van der Waals surface area contributed by atoms with Crippen LogP contribution < -0.4 is 0 Å². The molecule has 0 aliphatic carbocycles. The largest absolute Gasteiger partial charge is 0.466 e. The summed E-state index contributed by atoms with van der Waals surface area (Å²) in [6.45, 7) is 0. The number of hydrogen-bond acceptors (Lipinski definition) is 2. The van der Waals surface area contributed by atoms with Crippen molar-refractivity contribution in [1.29, 1.82) is 0 Å². The Bertz CT molecular complexity index is 845. The molecule has 0 atom stereocenters. The second kappa shape index (κ2) is 5.90. The molecule has 110 valence electrons. The van der Waals surface area contributed by atoms with E-state index in [2.05, 4.69) is 28.8 Å². The molecule has 0 radical (unpaired) electrons. The van der Waals surface area contributed by atoms with Crippen LogP contribution in [-0.4, -0.2) is 17.6 Å². The summed E-state index contributed by atoms with van der Waals surface area (Å²) in [6.07, 6.45) is 3.30. The molecule has 0 saturated carbocycles. The number of fused-ring (bicyclic) bond motifs is 1. The first-order valence-corrected chi connectivity index (χ1v) is 7.11. The summed E-state index contributed by atoms with van der Waals surface area (Å²) in [5.41, 5.74) is 4.35. The topological polar surface area (TPSA) is 31.2 Å². The quantitative estimate of drug-likeness (QED) is 0.539. The highest BCUT2D eigenvalue weighted by atomic mass is 16.5. The standard InChI is InChI=1S/C19H17NO2/c1-20-17-11-7-6-10-15(17)16(12-13-18(21)22-2)19(20)14-8-4-3-5-9-14/h3-13H,1-2H3/b13-12+. The van der Waals surface area contributed by atoms with Gasteiger partial charge in [-0.1, -0.05) is 48.5 Å². The van der Waals surface area contributed by atoms with Gasteiger partial charge in [-0.3, -0.25) is 0 Å².